The first-order valence-corrected chi connectivity index (χ1v) is 13.4. The Bertz CT molecular complexity index is 1150. The molecule has 1 amide bonds. The Kier molecular flexibility index (Phi) is 8.43. The van der Waals surface area contributed by atoms with Crippen LogP contribution in [-0.4, -0.2) is 60.7 Å². The van der Waals surface area contributed by atoms with E-state index < -0.39 is 0 Å². The van der Waals surface area contributed by atoms with Gasteiger partial charge in [0.15, 0.2) is 0 Å². The van der Waals surface area contributed by atoms with Crippen molar-refractivity contribution in [3.8, 4) is 0 Å². The molecule has 1 saturated carbocycles. The van der Waals surface area contributed by atoms with Crippen molar-refractivity contribution < 1.29 is 9.53 Å². The van der Waals surface area contributed by atoms with E-state index >= 15 is 0 Å². The molecule has 4 rings (SSSR count). The number of nitrogens with zero attached hydrogens (tertiary/aromatic N) is 2. The minimum atomic E-state index is -0.222. The zero-order valence-electron chi connectivity index (χ0n) is 22.1. The number of aromatic nitrogens is 1. The largest absolute Gasteiger partial charge is 0.378 e. The molecular formula is C28H39ClN4O3. The average molecular weight is 515 g/mol. The molecular weight excluding hydrogens is 476 g/mol. The van der Waals surface area contributed by atoms with E-state index in [1.807, 2.05) is 32.9 Å². The maximum atomic E-state index is 13.2. The molecule has 7 nitrogen and oxygen atoms in total. The monoisotopic (exact) mass is 514 g/mol. The number of carbonyl (C=O) groups is 1. The van der Waals surface area contributed by atoms with Gasteiger partial charge < -0.3 is 19.9 Å². The summed E-state index contributed by atoms with van der Waals surface area (Å²) in [4.78, 5) is 33.3. The third kappa shape index (κ3) is 5.63. The number of amides is 1. The second kappa shape index (κ2) is 11.4. The number of pyridine rings is 1. The quantitative estimate of drug-likeness (QED) is 0.547. The van der Waals surface area contributed by atoms with Crippen LogP contribution in [0.25, 0.3) is 0 Å². The molecule has 1 aliphatic heterocycles. The van der Waals surface area contributed by atoms with E-state index in [2.05, 4.69) is 34.1 Å². The molecule has 2 heterocycles. The van der Waals surface area contributed by atoms with Crippen molar-refractivity contribution in [3.63, 3.8) is 0 Å². The molecule has 0 radical (unpaired) electrons. The highest BCUT2D eigenvalue weighted by atomic mass is 35.5. The van der Waals surface area contributed by atoms with Crippen LogP contribution in [0.3, 0.4) is 0 Å². The second-order valence-corrected chi connectivity index (χ2v) is 10.8. The van der Waals surface area contributed by atoms with Gasteiger partial charge in [-0.3, -0.25) is 14.5 Å². The number of ether oxygens (including phenoxy) is 1. The molecule has 0 bridgehead atoms. The Balaban J connectivity index is 1.48. The summed E-state index contributed by atoms with van der Waals surface area (Å²) in [5.74, 6) is -0.222. The average Bonchev–Trinajstić information content (AvgIpc) is 2.80. The van der Waals surface area contributed by atoms with E-state index in [0.717, 1.165) is 68.0 Å². The molecule has 2 fully saturated rings. The number of anilines is 1. The lowest BCUT2D eigenvalue weighted by molar-refractivity contribution is -0.0738. The van der Waals surface area contributed by atoms with E-state index in [9.17, 15) is 9.59 Å². The minimum absolute atomic E-state index is 0.167. The Morgan fingerprint density at radius 3 is 2.33 bits per heavy atom. The van der Waals surface area contributed by atoms with Gasteiger partial charge in [0.2, 0.25) is 0 Å². The van der Waals surface area contributed by atoms with Crippen LogP contribution in [-0.2, 0) is 11.3 Å². The number of halogens is 1. The van der Waals surface area contributed by atoms with Gasteiger partial charge in [0.1, 0.15) is 0 Å². The number of nitrogens with one attached hydrogen (secondary N) is 2. The second-order valence-electron chi connectivity index (χ2n) is 10.3. The first kappa shape index (κ1) is 26.7. The summed E-state index contributed by atoms with van der Waals surface area (Å²) in [5.41, 5.74) is 4.56. The Labute approximate surface area is 219 Å². The minimum Gasteiger partial charge on any atom is -0.378 e. The van der Waals surface area contributed by atoms with Gasteiger partial charge >= 0.3 is 0 Å². The van der Waals surface area contributed by atoms with Crippen LogP contribution in [0.2, 0.25) is 5.02 Å². The number of H-pyrrole nitrogens is 1. The molecule has 0 spiro atoms. The lowest BCUT2D eigenvalue weighted by atomic mass is 9.88. The zero-order chi connectivity index (χ0) is 26.0. The fourth-order valence-corrected chi connectivity index (χ4v) is 5.94. The summed E-state index contributed by atoms with van der Waals surface area (Å²) in [6, 6.07) is 7.20. The summed E-state index contributed by atoms with van der Waals surface area (Å²) < 4.78 is 5.38. The maximum absolute atomic E-state index is 13.2. The summed E-state index contributed by atoms with van der Waals surface area (Å²) >= 11 is 6.53. The number of carbonyl (C=O) groups excluding carboxylic acids is 1. The molecule has 196 valence electrons. The van der Waals surface area contributed by atoms with Crippen molar-refractivity contribution in [1.29, 1.82) is 0 Å². The number of hydrogen-bond acceptors (Lipinski definition) is 5. The fraction of sp³-hybridized carbons (Fsp3) is 0.571. The van der Waals surface area contributed by atoms with E-state index in [1.54, 1.807) is 6.07 Å². The van der Waals surface area contributed by atoms with Crippen LogP contribution in [0.4, 0.5) is 5.69 Å². The van der Waals surface area contributed by atoms with Crippen LogP contribution in [0, 0.1) is 20.8 Å². The molecule has 0 atom stereocenters. The van der Waals surface area contributed by atoms with Gasteiger partial charge in [-0.15, -0.1) is 0 Å². The molecule has 1 saturated heterocycles. The van der Waals surface area contributed by atoms with Gasteiger partial charge in [0.25, 0.3) is 11.5 Å². The van der Waals surface area contributed by atoms with Crippen LogP contribution in [0.15, 0.2) is 23.0 Å². The molecule has 2 aliphatic rings. The van der Waals surface area contributed by atoms with Crippen molar-refractivity contribution >= 4 is 23.2 Å². The maximum Gasteiger partial charge on any atom is 0.253 e. The number of rotatable bonds is 8. The topological polar surface area (TPSA) is 77.7 Å². The summed E-state index contributed by atoms with van der Waals surface area (Å²) in [7, 11) is 2.23. The molecule has 1 aromatic carbocycles. The fourth-order valence-electron chi connectivity index (χ4n) is 5.72. The lowest BCUT2D eigenvalue weighted by Crippen LogP contribution is -2.53. The van der Waals surface area contributed by atoms with Gasteiger partial charge in [0, 0.05) is 52.7 Å². The van der Waals surface area contributed by atoms with Crippen molar-refractivity contribution in [3.05, 3.63) is 61.5 Å². The van der Waals surface area contributed by atoms with Gasteiger partial charge in [-0.05, 0) is 89.8 Å². The van der Waals surface area contributed by atoms with Crippen molar-refractivity contribution in [1.82, 2.24) is 15.2 Å². The summed E-state index contributed by atoms with van der Waals surface area (Å²) in [6.45, 7) is 10.6. The zero-order valence-corrected chi connectivity index (χ0v) is 22.9. The third-order valence-corrected chi connectivity index (χ3v) is 8.26. The first-order valence-electron chi connectivity index (χ1n) is 13.0. The number of hydrogen-bond donors (Lipinski definition) is 2. The molecule has 2 N–H and O–H groups in total. The van der Waals surface area contributed by atoms with E-state index in [1.165, 1.54) is 0 Å². The Morgan fingerprint density at radius 2 is 1.75 bits per heavy atom. The standard InChI is InChI=1S/C28H39ClN4O3/c1-6-33(22-9-7-21(8-10-22)32(5)23-15-36-16-23)26-13-20(29)12-24(19(26)4)27(34)30-14-25-17(2)11-18(3)31-28(25)35/h11-13,21-23H,6-10,14-16H2,1-5H3,(H,30,34)(H,31,35). The molecule has 1 aliphatic carbocycles. The molecule has 36 heavy (non-hydrogen) atoms. The molecule has 2 aromatic rings. The number of aryl methyl sites for hydroxylation is 2. The molecule has 0 unspecified atom stereocenters. The number of benzene rings is 1. The van der Waals surface area contributed by atoms with Gasteiger partial charge in [0.05, 0.1) is 19.3 Å². The normalized spacial score (nSPS) is 20.3. The van der Waals surface area contributed by atoms with Gasteiger partial charge in [-0.1, -0.05) is 11.6 Å². The lowest BCUT2D eigenvalue weighted by Gasteiger charge is -2.44. The van der Waals surface area contributed by atoms with E-state index in [4.69, 9.17) is 16.3 Å². The SMILES string of the molecule is CCN(c1cc(Cl)cc(C(=O)NCc2c(C)cc(C)[nH]c2=O)c1C)C1CCC(N(C)C2COC2)CC1. The molecule has 8 heteroatoms. The van der Waals surface area contributed by atoms with E-state index in [0.29, 0.717) is 34.3 Å². The van der Waals surface area contributed by atoms with Crippen LogP contribution in [0.1, 0.15) is 65.3 Å². The summed E-state index contributed by atoms with van der Waals surface area (Å²) in [5, 5.41) is 3.48. The van der Waals surface area contributed by atoms with Crippen LogP contribution >= 0.6 is 11.6 Å². The van der Waals surface area contributed by atoms with Crippen molar-refractivity contribution in [2.75, 3.05) is 31.7 Å². The van der Waals surface area contributed by atoms with Gasteiger partial charge in [-0.25, -0.2) is 0 Å². The Hall–Kier alpha value is -2.35. The highest BCUT2D eigenvalue weighted by molar-refractivity contribution is 6.31. The van der Waals surface area contributed by atoms with Crippen molar-refractivity contribution in [2.45, 2.75) is 78.0 Å². The van der Waals surface area contributed by atoms with Gasteiger partial charge in [-0.2, -0.15) is 0 Å². The highest BCUT2D eigenvalue weighted by Gasteiger charge is 2.33. The Morgan fingerprint density at radius 1 is 1.08 bits per heavy atom. The van der Waals surface area contributed by atoms with E-state index in [-0.39, 0.29) is 18.0 Å². The van der Waals surface area contributed by atoms with Crippen LogP contribution < -0.4 is 15.8 Å². The van der Waals surface area contributed by atoms with Crippen LogP contribution in [0.5, 0.6) is 0 Å². The first-order chi connectivity index (χ1) is 17.2. The predicted octanol–water partition coefficient (Wildman–Crippen LogP) is 4.35. The van der Waals surface area contributed by atoms with Crippen molar-refractivity contribution in [2.24, 2.45) is 0 Å². The molecule has 1 aromatic heterocycles. The highest BCUT2D eigenvalue weighted by Crippen LogP contribution is 2.35. The third-order valence-electron chi connectivity index (χ3n) is 8.04. The smallest absolute Gasteiger partial charge is 0.253 e. The number of aromatic amines is 1. The predicted molar refractivity (Wildman–Crippen MR) is 145 cm³/mol. The summed E-state index contributed by atoms with van der Waals surface area (Å²) in [6.07, 6.45) is 4.54. The number of likely N-dealkylation sites (N-methyl/N-ethyl adjacent to an activating group) is 1.